The number of imidazole rings is 1. The summed E-state index contributed by atoms with van der Waals surface area (Å²) in [6, 6.07) is 20.1. The molecule has 0 bridgehead atoms. The molecule has 0 fully saturated rings. The van der Waals surface area contributed by atoms with Gasteiger partial charge in [0.25, 0.3) is 11.8 Å². The van der Waals surface area contributed by atoms with Crippen LogP contribution in [-0.4, -0.2) is 31.9 Å². The average molecular weight is 460 g/mol. The van der Waals surface area contributed by atoms with Gasteiger partial charge in [-0.05, 0) is 19.4 Å². The molecule has 2 heterocycles. The summed E-state index contributed by atoms with van der Waals surface area (Å²) in [6.07, 6.45) is 3.85. The Bertz CT molecular complexity index is 1260. The molecule has 168 valence electrons. The number of amides is 2. The number of benzene rings is 2. The molecule has 4 aromatic rings. The molecule has 0 saturated heterocycles. The predicted octanol–water partition coefficient (Wildman–Crippen LogP) is 4.28. The largest absolute Gasteiger partial charge is 0.340 e. The molecular formula is C25H25N5O2S. The van der Waals surface area contributed by atoms with Crippen LogP contribution in [0.1, 0.15) is 34.8 Å². The quantitative estimate of drug-likeness (QED) is 0.432. The van der Waals surface area contributed by atoms with Gasteiger partial charge >= 0.3 is 0 Å². The minimum Gasteiger partial charge on any atom is -0.340 e. The zero-order chi connectivity index (χ0) is 23.4. The molecule has 0 aliphatic carbocycles. The van der Waals surface area contributed by atoms with Gasteiger partial charge in [-0.2, -0.15) is 0 Å². The average Bonchev–Trinajstić information content (AvgIpc) is 3.41. The molecule has 0 radical (unpaired) electrons. The number of aryl methyl sites for hydroxylation is 1. The lowest BCUT2D eigenvalue weighted by Crippen LogP contribution is -2.52. The molecule has 2 aromatic carbocycles. The van der Waals surface area contributed by atoms with Gasteiger partial charge in [-0.15, -0.1) is 11.3 Å². The zero-order valence-corrected chi connectivity index (χ0v) is 19.5. The second kappa shape index (κ2) is 9.38. The Labute approximate surface area is 196 Å². The highest BCUT2D eigenvalue weighted by atomic mass is 32.1. The van der Waals surface area contributed by atoms with E-state index in [4.69, 9.17) is 4.98 Å². The highest BCUT2D eigenvalue weighted by molar-refractivity contribution is 7.16. The number of nitrogens with one attached hydrogen (secondary N) is 2. The van der Waals surface area contributed by atoms with Gasteiger partial charge in [0.15, 0.2) is 5.13 Å². The molecule has 0 unspecified atom stereocenters. The van der Waals surface area contributed by atoms with Crippen molar-refractivity contribution >= 4 is 28.3 Å². The summed E-state index contributed by atoms with van der Waals surface area (Å²) in [6.45, 7) is 3.31. The fourth-order valence-electron chi connectivity index (χ4n) is 3.32. The molecule has 8 heteroatoms. The number of anilines is 1. The van der Waals surface area contributed by atoms with Crippen LogP contribution in [0, 0.1) is 0 Å². The molecule has 2 N–H and O–H groups in total. The third-order valence-electron chi connectivity index (χ3n) is 5.10. The van der Waals surface area contributed by atoms with E-state index in [-0.39, 0.29) is 11.6 Å². The van der Waals surface area contributed by atoms with E-state index in [0.717, 1.165) is 16.1 Å². The summed E-state index contributed by atoms with van der Waals surface area (Å²) in [4.78, 5) is 35.4. The van der Waals surface area contributed by atoms with E-state index in [1.165, 1.54) is 23.2 Å². The highest BCUT2D eigenvalue weighted by Crippen LogP contribution is 2.33. The maximum absolute atomic E-state index is 13.0. The molecule has 0 saturated carbocycles. The number of rotatable bonds is 7. The first-order valence-electron chi connectivity index (χ1n) is 10.5. The van der Waals surface area contributed by atoms with Crippen molar-refractivity contribution < 1.29 is 9.59 Å². The Morgan fingerprint density at radius 1 is 1.03 bits per heavy atom. The van der Waals surface area contributed by atoms with Gasteiger partial charge in [0.1, 0.15) is 11.2 Å². The summed E-state index contributed by atoms with van der Waals surface area (Å²) < 4.78 is 1.68. The van der Waals surface area contributed by atoms with Crippen LogP contribution < -0.4 is 10.6 Å². The zero-order valence-electron chi connectivity index (χ0n) is 18.7. The van der Waals surface area contributed by atoms with Gasteiger partial charge in [0, 0.05) is 30.1 Å². The monoisotopic (exact) mass is 459 g/mol. The third kappa shape index (κ3) is 5.35. The van der Waals surface area contributed by atoms with Crippen LogP contribution >= 0.6 is 11.3 Å². The summed E-state index contributed by atoms with van der Waals surface area (Å²) in [5.41, 5.74) is 2.09. The van der Waals surface area contributed by atoms with Crippen molar-refractivity contribution in [2.75, 3.05) is 5.32 Å². The minimum atomic E-state index is -1.16. The lowest BCUT2D eigenvalue weighted by atomic mass is 10.0. The first-order chi connectivity index (χ1) is 15.8. The van der Waals surface area contributed by atoms with Crippen LogP contribution in [0.25, 0.3) is 11.3 Å². The van der Waals surface area contributed by atoms with Gasteiger partial charge < -0.3 is 9.88 Å². The minimum absolute atomic E-state index is 0.254. The van der Waals surface area contributed by atoms with Crippen LogP contribution in [0.5, 0.6) is 0 Å². The molecule has 33 heavy (non-hydrogen) atoms. The van der Waals surface area contributed by atoms with Gasteiger partial charge in [0.05, 0.1) is 12.0 Å². The Hall–Kier alpha value is -3.78. The van der Waals surface area contributed by atoms with Crippen LogP contribution in [0.3, 0.4) is 0 Å². The summed E-state index contributed by atoms with van der Waals surface area (Å²) >= 11 is 1.44. The number of thiazole rings is 1. The maximum atomic E-state index is 13.0. The van der Waals surface area contributed by atoms with Gasteiger partial charge in [-0.1, -0.05) is 60.7 Å². The standard InChI is InChI=1S/C25H25N5O2S/c1-25(2,29-22(31)19-15-30(3)16-26-19)23(32)28-24-27-21(18-12-8-5-9-13-18)20(33-24)14-17-10-6-4-7-11-17/h4-13,15-16H,14H2,1-3H3,(H,29,31)(H,27,28,32). The van der Waals surface area contributed by atoms with E-state index in [9.17, 15) is 9.59 Å². The van der Waals surface area contributed by atoms with E-state index in [1.54, 1.807) is 31.7 Å². The number of carbonyl (C=O) groups excluding carboxylic acids is 2. The normalized spacial score (nSPS) is 11.2. The molecule has 0 aliphatic heterocycles. The van der Waals surface area contributed by atoms with E-state index in [2.05, 4.69) is 27.8 Å². The van der Waals surface area contributed by atoms with Crippen molar-refractivity contribution in [2.45, 2.75) is 25.8 Å². The molecule has 0 spiro atoms. The molecule has 2 amide bonds. The fourth-order valence-corrected chi connectivity index (χ4v) is 4.33. The third-order valence-corrected chi connectivity index (χ3v) is 6.07. The second-order valence-electron chi connectivity index (χ2n) is 8.28. The summed E-state index contributed by atoms with van der Waals surface area (Å²) in [7, 11) is 1.78. The van der Waals surface area contributed by atoms with Crippen molar-refractivity contribution in [3.8, 4) is 11.3 Å². The lowest BCUT2D eigenvalue weighted by Gasteiger charge is -2.24. The number of carbonyl (C=O) groups is 2. The first-order valence-corrected chi connectivity index (χ1v) is 11.3. The fraction of sp³-hybridized carbons (Fsp3) is 0.200. The van der Waals surface area contributed by atoms with Crippen LogP contribution in [0.2, 0.25) is 0 Å². The van der Waals surface area contributed by atoms with Crippen molar-refractivity contribution in [2.24, 2.45) is 7.05 Å². The summed E-state index contributed by atoms with van der Waals surface area (Å²) in [5, 5.41) is 6.13. The van der Waals surface area contributed by atoms with Crippen LogP contribution in [0.4, 0.5) is 5.13 Å². The number of hydrogen-bond donors (Lipinski definition) is 2. The van der Waals surface area contributed by atoms with Crippen molar-refractivity contribution in [1.82, 2.24) is 19.9 Å². The Morgan fingerprint density at radius 3 is 2.33 bits per heavy atom. The molecule has 0 aliphatic rings. The molecule has 2 aromatic heterocycles. The molecule has 4 rings (SSSR count). The number of hydrogen-bond acceptors (Lipinski definition) is 5. The van der Waals surface area contributed by atoms with E-state index in [1.807, 2.05) is 48.5 Å². The van der Waals surface area contributed by atoms with Crippen molar-refractivity contribution in [3.63, 3.8) is 0 Å². The van der Waals surface area contributed by atoms with E-state index in [0.29, 0.717) is 11.6 Å². The van der Waals surface area contributed by atoms with E-state index < -0.39 is 11.4 Å². The van der Waals surface area contributed by atoms with Crippen molar-refractivity contribution in [1.29, 1.82) is 0 Å². The Kier molecular flexibility index (Phi) is 6.37. The molecule has 0 atom stereocenters. The smallest absolute Gasteiger partial charge is 0.272 e. The Balaban J connectivity index is 1.55. The SMILES string of the molecule is Cn1cnc(C(=O)NC(C)(C)C(=O)Nc2nc(-c3ccccc3)c(Cc3ccccc3)s2)c1. The molecular weight excluding hydrogens is 434 g/mol. The first kappa shape index (κ1) is 22.4. The highest BCUT2D eigenvalue weighted by Gasteiger charge is 2.31. The lowest BCUT2D eigenvalue weighted by molar-refractivity contribution is -0.120. The number of aromatic nitrogens is 3. The molecule has 7 nitrogen and oxygen atoms in total. The van der Waals surface area contributed by atoms with E-state index >= 15 is 0 Å². The maximum Gasteiger partial charge on any atom is 0.272 e. The summed E-state index contributed by atoms with van der Waals surface area (Å²) in [5.74, 6) is -0.768. The van der Waals surface area contributed by atoms with Gasteiger partial charge in [0.2, 0.25) is 0 Å². The predicted molar refractivity (Wildman–Crippen MR) is 130 cm³/mol. The van der Waals surface area contributed by atoms with Crippen LogP contribution in [-0.2, 0) is 18.3 Å². The van der Waals surface area contributed by atoms with Gasteiger partial charge in [-0.3, -0.25) is 14.9 Å². The second-order valence-corrected chi connectivity index (χ2v) is 9.36. The van der Waals surface area contributed by atoms with Crippen LogP contribution in [0.15, 0.2) is 73.2 Å². The topological polar surface area (TPSA) is 88.9 Å². The number of nitrogens with zero attached hydrogens (tertiary/aromatic N) is 3. The van der Waals surface area contributed by atoms with Crippen molar-refractivity contribution in [3.05, 3.63) is 89.3 Å². The van der Waals surface area contributed by atoms with Gasteiger partial charge in [-0.25, -0.2) is 9.97 Å². The Morgan fingerprint density at radius 2 is 1.70 bits per heavy atom.